The van der Waals surface area contributed by atoms with Crippen LogP contribution in [0.1, 0.15) is 39.0 Å². The van der Waals surface area contributed by atoms with Gasteiger partial charge in [0.25, 0.3) is 0 Å². The summed E-state index contributed by atoms with van der Waals surface area (Å²) in [6.07, 6.45) is 1.69. The highest BCUT2D eigenvalue weighted by atomic mass is 16.6. The second kappa shape index (κ2) is 17.2. The Morgan fingerprint density at radius 2 is 1.57 bits per heavy atom. The number of carbonyl (C=O) groups is 2. The van der Waals surface area contributed by atoms with Crippen LogP contribution < -0.4 is 19.5 Å². The molecule has 4 aromatic rings. The van der Waals surface area contributed by atoms with Crippen molar-refractivity contribution < 1.29 is 42.7 Å². The number of hydrogen-bond donors (Lipinski definition) is 1. The molecule has 3 aromatic carbocycles. The smallest absolute Gasteiger partial charge is 0.412 e. The summed E-state index contributed by atoms with van der Waals surface area (Å²) >= 11 is 0. The molecule has 1 amide bonds. The maximum absolute atomic E-state index is 12.4. The predicted molar refractivity (Wildman–Crippen MR) is 178 cm³/mol. The van der Waals surface area contributed by atoms with E-state index < -0.39 is 17.7 Å². The predicted octanol–water partition coefficient (Wildman–Crippen LogP) is 6.95. The lowest BCUT2D eigenvalue weighted by molar-refractivity contribution is -0.148. The summed E-state index contributed by atoms with van der Waals surface area (Å²) in [5.74, 6) is 2.16. The fourth-order valence-electron chi connectivity index (χ4n) is 4.57. The SMILES string of the molecule is CCOC(=O)COCCOCCOc1cc(Cc2cc(Oc3ccc(NC(=O)OC(C)(C)C)c4ccccc34)ccn2)cc(OC)c1. The van der Waals surface area contributed by atoms with Gasteiger partial charge in [-0.1, -0.05) is 24.3 Å². The molecule has 0 aliphatic heterocycles. The third kappa shape index (κ3) is 11.5. The van der Waals surface area contributed by atoms with Gasteiger partial charge >= 0.3 is 12.1 Å². The Hall–Kier alpha value is -4.87. The highest BCUT2D eigenvalue weighted by molar-refractivity contribution is 6.02. The van der Waals surface area contributed by atoms with Crippen LogP contribution in [0.3, 0.4) is 0 Å². The van der Waals surface area contributed by atoms with E-state index in [1.54, 1.807) is 32.4 Å². The van der Waals surface area contributed by atoms with Crippen molar-refractivity contribution in [2.24, 2.45) is 0 Å². The average molecular weight is 647 g/mol. The van der Waals surface area contributed by atoms with Gasteiger partial charge in [-0.2, -0.15) is 0 Å². The van der Waals surface area contributed by atoms with Crippen LogP contribution in [-0.4, -0.2) is 69.4 Å². The summed E-state index contributed by atoms with van der Waals surface area (Å²) in [6, 6.07) is 20.7. The third-order valence-corrected chi connectivity index (χ3v) is 6.49. The summed E-state index contributed by atoms with van der Waals surface area (Å²) in [7, 11) is 1.60. The molecule has 0 spiro atoms. The zero-order valence-electron chi connectivity index (χ0n) is 27.5. The molecule has 0 atom stereocenters. The van der Waals surface area contributed by atoms with Gasteiger partial charge < -0.3 is 33.2 Å². The van der Waals surface area contributed by atoms with E-state index in [0.717, 1.165) is 22.0 Å². The van der Waals surface area contributed by atoms with E-state index in [0.29, 0.717) is 61.5 Å². The number of esters is 1. The Bertz CT molecular complexity index is 1630. The molecule has 11 heteroatoms. The summed E-state index contributed by atoms with van der Waals surface area (Å²) in [5, 5.41) is 4.50. The molecule has 250 valence electrons. The second-order valence-corrected chi connectivity index (χ2v) is 11.4. The van der Waals surface area contributed by atoms with Gasteiger partial charge in [-0.25, -0.2) is 9.59 Å². The lowest BCUT2D eigenvalue weighted by Gasteiger charge is -2.20. The number of nitrogens with one attached hydrogen (secondary N) is 1. The maximum Gasteiger partial charge on any atom is 0.412 e. The second-order valence-electron chi connectivity index (χ2n) is 11.4. The fraction of sp³-hybridized carbons (Fsp3) is 0.361. The topological polar surface area (TPSA) is 124 Å². The van der Waals surface area contributed by atoms with Crippen molar-refractivity contribution >= 4 is 28.5 Å². The number of amides is 1. The first-order valence-corrected chi connectivity index (χ1v) is 15.4. The van der Waals surface area contributed by atoms with Gasteiger partial charge in [0.2, 0.25) is 0 Å². The van der Waals surface area contributed by atoms with Crippen LogP contribution >= 0.6 is 0 Å². The minimum atomic E-state index is -0.610. The van der Waals surface area contributed by atoms with E-state index in [-0.39, 0.29) is 13.2 Å². The maximum atomic E-state index is 12.4. The molecule has 1 heterocycles. The molecule has 0 aliphatic carbocycles. The molecule has 0 radical (unpaired) electrons. The zero-order valence-corrected chi connectivity index (χ0v) is 27.5. The minimum Gasteiger partial charge on any atom is -0.497 e. The van der Waals surface area contributed by atoms with Gasteiger partial charge in [0.1, 0.15) is 41.8 Å². The molecule has 1 aromatic heterocycles. The first-order valence-electron chi connectivity index (χ1n) is 15.4. The van der Waals surface area contributed by atoms with Gasteiger partial charge in [0, 0.05) is 41.2 Å². The van der Waals surface area contributed by atoms with Crippen molar-refractivity contribution in [3.05, 3.63) is 84.2 Å². The number of methoxy groups -OCH3 is 1. The Kier molecular flexibility index (Phi) is 12.8. The van der Waals surface area contributed by atoms with E-state index in [1.807, 2.05) is 75.4 Å². The number of pyridine rings is 1. The highest BCUT2D eigenvalue weighted by Gasteiger charge is 2.18. The summed E-state index contributed by atoms with van der Waals surface area (Å²) in [5.41, 5.74) is 1.75. The number of ether oxygens (including phenoxy) is 7. The molecule has 4 rings (SSSR count). The van der Waals surface area contributed by atoms with Gasteiger partial charge in [-0.15, -0.1) is 0 Å². The molecule has 0 saturated carbocycles. The Morgan fingerprint density at radius 1 is 0.830 bits per heavy atom. The van der Waals surface area contributed by atoms with Crippen LogP contribution in [0.2, 0.25) is 0 Å². The average Bonchev–Trinajstić information content (AvgIpc) is 3.03. The number of benzene rings is 3. The highest BCUT2D eigenvalue weighted by Crippen LogP contribution is 2.35. The Balaban J connectivity index is 1.36. The normalized spacial score (nSPS) is 11.2. The molecule has 0 fully saturated rings. The first kappa shape index (κ1) is 35.0. The molecule has 0 saturated heterocycles. The van der Waals surface area contributed by atoms with E-state index in [4.69, 9.17) is 33.2 Å². The van der Waals surface area contributed by atoms with Crippen molar-refractivity contribution in [2.45, 2.75) is 39.7 Å². The molecule has 0 unspecified atom stereocenters. The Labute approximate surface area is 275 Å². The van der Waals surface area contributed by atoms with Gasteiger partial charge in [-0.3, -0.25) is 10.3 Å². The molecule has 0 aliphatic rings. The van der Waals surface area contributed by atoms with Crippen LogP contribution in [0.15, 0.2) is 72.9 Å². The van der Waals surface area contributed by atoms with Crippen molar-refractivity contribution in [1.82, 2.24) is 4.98 Å². The Morgan fingerprint density at radius 3 is 2.34 bits per heavy atom. The van der Waals surface area contributed by atoms with Crippen LogP contribution in [0.4, 0.5) is 10.5 Å². The largest absolute Gasteiger partial charge is 0.497 e. The van der Waals surface area contributed by atoms with E-state index in [9.17, 15) is 9.59 Å². The van der Waals surface area contributed by atoms with Crippen molar-refractivity contribution in [3.8, 4) is 23.0 Å². The number of aromatic nitrogens is 1. The van der Waals surface area contributed by atoms with Gasteiger partial charge in [-0.05, 0) is 63.6 Å². The summed E-state index contributed by atoms with van der Waals surface area (Å²) < 4.78 is 38.7. The number of rotatable bonds is 16. The summed E-state index contributed by atoms with van der Waals surface area (Å²) in [4.78, 5) is 28.3. The lowest BCUT2D eigenvalue weighted by atomic mass is 10.1. The quantitative estimate of drug-likeness (QED) is 0.101. The van der Waals surface area contributed by atoms with Crippen molar-refractivity contribution in [3.63, 3.8) is 0 Å². The van der Waals surface area contributed by atoms with Crippen molar-refractivity contribution in [2.75, 3.05) is 52.1 Å². The van der Waals surface area contributed by atoms with E-state index in [1.165, 1.54) is 0 Å². The van der Waals surface area contributed by atoms with Gasteiger partial charge in [0.05, 0.1) is 39.2 Å². The molecular formula is C36H42N2O9. The fourth-order valence-corrected chi connectivity index (χ4v) is 4.57. The third-order valence-electron chi connectivity index (χ3n) is 6.49. The number of hydrogen-bond acceptors (Lipinski definition) is 10. The summed E-state index contributed by atoms with van der Waals surface area (Å²) in [6.45, 7) is 8.73. The van der Waals surface area contributed by atoms with Crippen LogP contribution in [0, 0.1) is 0 Å². The monoisotopic (exact) mass is 646 g/mol. The van der Waals surface area contributed by atoms with Crippen LogP contribution in [0.25, 0.3) is 10.8 Å². The first-order chi connectivity index (χ1) is 22.6. The van der Waals surface area contributed by atoms with E-state index >= 15 is 0 Å². The molecule has 0 bridgehead atoms. The van der Waals surface area contributed by atoms with Crippen LogP contribution in [-0.2, 0) is 30.2 Å². The zero-order chi connectivity index (χ0) is 33.6. The molecule has 1 N–H and O–H groups in total. The van der Waals surface area contributed by atoms with Gasteiger partial charge in [0.15, 0.2) is 0 Å². The van der Waals surface area contributed by atoms with Crippen molar-refractivity contribution in [1.29, 1.82) is 0 Å². The molecular weight excluding hydrogens is 604 g/mol. The number of nitrogens with zero attached hydrogens (tertiary/aromatic N) is 1. The minimum absolute atomic E-state index is 0.0940. The lowest BCUT2D eigenvalue weighted by Crippen LogP contribution is -2.27. The number of carbonyl (C=O) groups excluding carboxylic acids is 2. The number of fused-ring (bicyclic) bond motifs is 1. The number of anilines is 1. The van der Waals surface area contributed by atoms with Crippen LogP contribution in [0.5, 0.6) is 23.0 Å². The standard InChI is InChI=1S/C36H42N2O9/c1-6-44-34(39)24-43-16-15-42-17-18-45-29-21-25(20-28(23-29)41-5)19-26-22-27(13-14-37-26)46-33-12-11-32(30-9-7-8-10-31(30)33)38-35(40)47-36(2,3)4/h7-14,20-23H,6,15-19,24H2,1-5H3,(H,38,40). The molecule has 11 nitrogen and oxygen atoms in total. The van der Waals surface area contributed by atoms with E-state index in [2.05, 4.69) is 10.3 Å². The molecule has 47 heavy (non-hydrogen) atoms.